The van der Waals surface area contributed by atoms with Gasteiger partial charge in [-0.05, 0) is 18.0 Å². The smallest absolute Gasteiger partial charge is 0.407 e. The predicted molar refractivity (Wildman–Crippen MR) is 108 cm³/mol. The van der Waals surface area contributed by atoms with E-state index in [4.69, 9.17) is 5.73 Å². The van der Waals surface area contributed by atoms with Crippen molar-refractivity contribution in [2.75, 3.05) is 64.6 Å². The fourth-order valence-electron chi connectivity index (χ4n) is 3.12. The average molecular weight is 449 g/mol. The Morgan fingerprint density at radius 2 is 1.31 bits per heavy atom. The Morgan fingerprint density at radius 1 is 0.844 bits per heavy atom. The lowest BCUT2D eigenvalue weighted by molar-refractivity contribution is -0.265. The first-order chi connectivity index (χ1) is 15.2. The summed E-state index contributed by atoms with van der Waals surface area (Å²) in [5.41, 5.74) is 6.41. The number of nitrogen functional groups attached to an aromatic ring is 1. The number of hydrogen-bond acceptors (Lipinski definition) is 9. The molecule has 0 aliphatic carbocycles. The van der Waals surface area contributed by atoms with Gasteiger partial charge in [0.15, 0.2) is 0 Å². The van der Waals surface area contributed by atoms with E-state index in [0.29, 0.717) is 11.4 Å². The average Bonchev–Trinajstić information content (AvgIpc) is 2.71. The molecule has 1 heterocycles. The number of nitrogens with two attached hydrogens (primary N) is 1. The fraction of sp³-hybridized carbons (Fsp3) is 0.474. The van der Waals surface area contributed by atoms with Crippen molar-refractivity contribution >= 4 is 35.6 Å². The van der Waals surface area contributed by atoms with Crippen LogP contribution in [0.3, 0.4) is 0 Å². The maximum atomic E-state index is 12.4. The highest BCUT2D eigenvalue weighted by molar-refractivity contribution is 5.80. The molecule has 1 aromatic carbocycles. The van der Waals surface area contributed by atoms with Crippen LogP contribution in [0.2, 0.25) is 0 Å². The lowest BCUT2D eigenvalue weighted by Gasteiger charge is -2.35. The van der Waals surface area contributed by atoms with Crippen LogP contribution in [-0.2, 0) is 0 Å². The van der Waals surface area contributed by atoms with E-state index >= 15 is 0 Å². The summed E-state index contributed by atoms with van der Waals surface area (Å²) in [6.07, 6.45) is -4.25. The molecule has 0 radical (unpaired) electrons. The molecule has 0 atom stereocenters. The van der Waals surface area contributed by atoms with Gasteiger partial charge < -0.3 is 50.4 Å². The van der Waals surface area contributed by atoms with Gasteiger partial charge in [0.1, 0.15) is 12.2 Å². The molecular formula is C19H25N6O7-3. The Kier molecular flexibility index (Phi) is 8.89. The number of amides is 3. The Morgan fingerprint density at radius 3 is 1.78 bits per heavy atom. The second-order valence-corrected chi connectivity index (χ2v) is 7.12. The van der Waals surface area contributed by atoms with Gasteiger partial charge in [-0.2, -0.15) is 0 Å². The SMILES string of the molecule is Nc1ccccc1N=C([O-])CN1CCN(C(=O)[O-])CCN(C(=O)O)CCN(C(=O)[O-])CC1. The Labute approximate surface area is 184 Å². The quantitative estimate of drug-likeness (QED) is 0.279. The highest BCUT2D eigenvalue weighted by Gasteiger charge is 2.19. The van der Waals surface area contributed by atoms with Crippen LogP contribution in [0.25, 0.3) is 0 Å². The standard InChI is InChI=1S/C19H28N6O7/c20-14-3-1-2-4-15(14)21-16(26)13-22-5-7-23(17(27)28)9-11-25(19(31)32)12-10-24(8-6-22)18(29)30/h1-4H,5-13,20H2,(H,21,26)(H,27,28)(H,29,30)(H,31,32)/p-3. The fourth-order valence-corrected chi connectivity index (χ4v) is 3.12. The van der Waals surface area contributed by atoms with Gasteiger partial charge in [-0.25, -0.2) is 4.79 Å². The molecular weight excluding hydrogens is 424 g/mol. The Balaban J connectivity index is 2.18. The summed E-state index contributed by atoms with van der Waals surface area (Å²) in [7, 11) is 0. The van der Waals surface area contributed by atoms with Crippen molar-refractivity contribution < 1.29 is 34.8 Å². The van der Waals surface area contributed by atoms with Gasteiger partial charge in [0.25, 0.3) is 0 Å². The first kappa shape index (κ1) is 24.5. The van der Waals surface area contributed by atoms with E-state index in [2.05, 4.69) is 4.99 Å². The molecule has 176 valence electrons. The van der Waals surface area contributed by atoms with Crippen LogP contribution in [0, 0.1) is 0 Å². The highest BCUT2D eigenvalue weighted by atomic mass is 16.4. The predicted octanol–water partition coefficient (Wildman–Crippen LogP) is -2.75. The van der Waals surface area contributed by atoms with E-state index in [1.807, 2.05) is 0 Å². The molecule has 3 amide bonds. The van der Waals surface area contributed by atoms with Crippen molar-refractivity contribution in [3.8, 4) is 0 Å². The number of nitrogens with zero attached hydrogens (tertiary/aromatic N) is 5. The molecule has 32 heavy (non-hydrogen) atoms. The van der Waals surface area contributed by atoms with E-state index in [0.717, 1.165) is 14.7 Å². The third-order valence-corrected chi connectivity index (χ3v) is 4.98. The molecule has 1 aliphatic heterocycles. The largest absolute Gasteiger partial charge is 0.861 e. The lowest BCUT2D eigenvalue weighted by Crippen LogP contribution is -2.53. The van der Waals surface area contributed by atoms with Crippen LogP contribution in [0.4, 0.5) is 25.8 Å². The minimum absolute atomic E-state index is 0.0676. The molecule has 1 aromatic rings. The minimum atomic E-state index is -1.48. The van der Waals surface area contributed by atoms with Gasteiger partial charge >= 0.3 is 6.09 Å². The van der Waals surface area contributed by atoms with Crippen LogP contribution < -0.4 is 21.1 Å². The number of aliphatic imine (C=N–C) groups is 1. The van der Waals surface area contributed by atoms with Crippen molar-refractivity contribution in [2.24, 2.45) is 4.99 Å². The minimum Gasteiger partial charge on any atom is -0.861 e. The van der Waals surface area contributed by atoms with Crippen molar-refractivity contribution in [3.05, 3.63) is 24.3 Å². The van der Waals surface area contributed by atoms with Crippen molar-refractivity contribution in [3.63, 3.8) is 0 Å². The second-order valence-electron chi connectivity index (χ2n) is 7.12. The number of carboxylic acid groups (broad SMARTS) is 3. The Hall–Kier alpha value is -3.74. The van der Waals surface area contributed by atoms with Gasteiger partial charge in [-0.1, -0.05) is 12.1 Å². The number of carbonyl (C=O) groups excluding carboxylic acids is 2. The maximum absolute atomic E-state index is 12.4. The van der Waals surface area contributed by atoms with Gasteiger partial charge in [0.2, 0.25) is 0 Å². The topological polar surface area (TPSA) is 192 Å². The summed E-state index contributed by atoms with van der Waals surface area (Å²) in [5.74, 6) is -0.535. The van der Waals surface area contributed by atoms with Gasteiger partial charge in [0.05, 0.1) is 11.4 Å². The molecule has 13 nitrogen and oxygen atoms in total. The molecule has 1 aliphatic rings. The molecule has 0 unspecified atom stereocenters. The monoisotopic (exact) mass is 449 g/mol. The molecule has 0 bridgehead atoms. The van der Waals surface area contributed by atoms with E-state index in [-0.39, 0.29) is 58.9 Å². The molecule has 0 spiro atoms. The number of anilines is 1. The zero-order chi connectivity index (χ0) is 23.7. The molecule has 0 aromatic heterocycles. The number of carbonyl (C=O) groups is 3. The zero-order valence-corrected chi connectivity index (χ0v) is 17.4. The third-order valence-electron chi connectivity index (χ3n) is 4.98. The molecule has 1 saturated heterocycles. The number of rotatable bonds is 3. The van der Waals surface area contributed by atoms with E-state index in [9.17, 15) is 34.8 Å². The van der Waals surface area contributed by atoms with Crippen LogP contribution in [0.1, 0.15) is 0 Å². The van der Waals surface area contributed by atoms with Crippen LogP contribution in [0.5, 0.6) is 0 Å². The maximum Gasteiger partial charge on any atom is 0.407 e. The summed E-state index contributed by atoms with van der Waals surface area (Å²) < 4.78 is 0. The molecule has 0 saturated carbocycles. The normalized spacial score (nSPS) is 17.4. The first-order valence-corrected chi connectivity index (χ1v) is 9.88. The number of para-hydroxylation sites is 2. The van der Waals surface area contributed by atoms with Crippen molar-refractivity contribution in [2.45, 2.75) is 0 Å². The Bertz CT molecular complexity index is 819. The van der Waals surface area contributed by atoms with Gasteiger partial charge in [-0.15, -0.1) is 0 Å². The summed E-state index contributed by atoms with van der Waals surface area (Å²) in [6.45, 7) is -0.821. The van der Waals surface area contributed by atoms with Crippen molar-refractivity contribution in [1.82, 2.24) is 19.6 Å². The molecule has 3 N–H and O–H groups in total. The van der Waals surface area contributed by atoms with E-state index < -0.39 is 24.2 Å². The second kappa shape index (κ2) is 11.6. The number of hydrogen-bond donors (Lipinski definition) is 2. The molecule has 13 heteroatoms. The molecule has 2 rings (SSSR count). The summed E-state index contributed by atoms with van der Waals surface area (Å²) in [4.78, 5) is 42.6. The van der Waals surface area contributed by atoms with E-state index in [1.54, 1.807) is 29.2 Å². The molecule has 1 fully saturated rings. The third kappa shape index (κ3) is 7.50. The number of benzene rings is 1. The highest BCUT2D eigenvalue weighted by Crippen LogP contribution is 2.20. The van der Waals surface area contributed by atoms with Crippen LogP contribution in [0.15, 0.2) is 29.3 Å². The van der Waals surface area contributed by atoms with Crippen molar-refractivity contribution in [1.29, 1.82) is 0 Å². The summed E-state index contributed by atoms with van der Waals surface area (Å²) >= 11 is 0. The van der Waals surface area contributed by atoms with Gasteiger partial charge in [0, 0.05) is 58.9 Å². The first-order valence-electron chi connectivity index (χ1n) is 9.88. The van der Waals surface area contributed by atoms with E-state index in [1.165, 1.54) is 0 Å². The van der Waals surface area contributed by atoms with Crippen LogP contribution in [-0.4, -0.2) is 108 Å². The summed E-state index contributed by atoms with van der Waals surface area (Å²) in [5, 5.41) is 44.6. The van der Waals surface area contributed by atoms with Gasteiger partial charge in [-0.3, -0.25) is 9.89 Å². The zero-order valence-electron chi connectivity index (χ0n) is 17.4. The lowest BCUT2D eigenvalue weighted by atomic mass is 10.3. The summed E-state index contributed by atoms with van der Waals surface area (Å²) in [6, 6.07) is 6.55. The van der Waals surface area contributed by atoms with Crippen LogP contribution >= 0.6 is 0 Å².